The third-order valence-electron chi connectivity index (χ3n) is 3.08. The normalized spacial score (nSPS) is 24.9. The van der Waals surface area contributed by atoms with Crippen molar-refractivity contribution < 1.29 is 9.84 Å². The zero-order valence-electron chi connectivity index (χ0n) is 9.33. The lowest BCUT2D eigenvalue weighted by atomic mass is 9.76. The summed E-state index contributed by atoms with van der Waals surface area (Å²) in [7, 11) is 0. The molecule has 1 rings (SSSR count). The first-order chi connectivity index (χ1) is 6.53. The fourth-order valence-corrected chi connectivity index (χ4v) is 1.85. The van der Waals surface area contributed by atoms with Gasteiger partial charge in [0.1, 0.15) is 0 Å². The van der Waals surface area contributed by atoms with Gasteiger partial charge in [0.15, 0.2) is 0 Å². The lowest BCUT2D eigenvalue weighted by Gasteiger charge is -2.34. The van der Waals surface area contributed by atoms with Crippen LogP contribution in [0.4, 0.5) is 0 Å². The molecule has 0 aromatic heterocycles. The first-order valence-electron chi connectivity index (χ1n) is 5.53. The van der Waals surface area contributed by atoms with E-state index in [4.69, 9.17) is 10.5 Å². The first kappa shape index (κ1) is 12.0. The van der Waals surface area contributed by atoms with Crippen molar-refractivity contribution in [2.24, 2.45) is 11.1 Å². The molecule has 84 valence electrons. The van der Waals surface area contributed by atoms with Gasteiger partial charge in [-0.05, 0) is 31.1 Å². The van der Waals surface area contributed by atoms with E-state index >= 15 is 0 Å². The molecule has 3 heteroatoms. The van der Waals surface area contributed by atoms with Gasteiger partial charge in [0.2, 0.25) is 0 Å². The molecule has 1 fully saturated rings. The first-order valence-corrected chi connectivity index (χ1v) is 5.53. The van der Waals surface area contributed by atoms with Gasteiger partial charge in [-0.1, -0.05) is 13.8 Å². The number of hydrogen-bond donors (Lipinski definition) is 2. The van der Waals surface area contributed by atoms with Crippen molar-refractivity contribution in [2.45, 2.75) is 51.7 Å². The van der Waals surface area contributed by atoms with Crippen LogP contribution in [-0.2, 0) is 4.74 Å². The van der Waals surface area contributed by atoms with E-state index in [1.165, 1.54) is 12.8 Å². The highest BCUT2D eigenvalue weighted by Crippen LogP contribution is 2.36. The SMILES string of the molecule is CC1(C)CCC(OCC(O)CN)CC1. The number of aliphatic hydroxyl groups is 1. The van der Waals surface area contributed by atoms with Crippen LogP contribution in [0.5, 0.6) is 0 Å². The fourth-order valence-electron chi connectivity index (χ4n) is 1.85. The summed E-state index contributed by atoms with van der Waals surface area (Å²) >= 11 is 0. The standard InChI is InChI=1S/C11H23NO2/c1-11(2)5-3-10(4-6-11)14-8-9(13)7-12/h9-10,13H,3-8,12H2,1-2H3. The lowest BCUT2D eigenvalue weighted by molar-refractivity contribution is -0.0346. The molecule has 3 nitrogen and oxygen atoms in total. The van der Waals surface area contributed by atoms with Gasteiger partial charge >= 0.3 is 0 Å². The molecule has 0 bridgehead atoms. The predicted molar refractivity (Wildman–Crippen MR) is 57.1 cm³/mol. The van der Waals surface area contributed by atoms with Crippen molar-refractivity contribution in [1.29, 1.82) is 0 Å². The predicted octanol–water partition coefficient (Wildman–Crippen LogP) is 1.29. The van der Waals surface area contributed by atoms with Gasteiger partial charge in [0.25, 0.3) is 0 Å². The Bertz CT molecular complexity index is 161. The molecule has 1 atom stereocenters. The smallest absolute Gasteiger partial charge is 0.0895 e. The van der Waals surface area contributed by atoms with Crippen LogP contribution in [0, 0.1) is 5.41 Å². The van der Waals surface area contributed by atoms with Gasteiger partial charge in [0, 0.05) is 6.54 Å². The molecule has 0 aromatic rings. The second kappa shape index (κ2) is 5.10. The summed E-state index contributed by atoms with van der Waals surface area (Å²) in [4.78, 5) is 0. The van der Waals surface area contributed by atoms with Crippen molar-refractivity contribution >= 4 is 0 Å². The van der Waals surface area contributed by atoms with Crippen molar-refractivity contribution in [3.63, 3.8) is 0 Å². The minimum Gasteiger partial charge on any atom is -0.389 e. The van der Waals surface area contributed by atoms with Gasteiger partial charge < -0.3 is 15.6 Å². The summed E-state index contributed by atoms with van der Waals surface area (Å²) in [5.74, 6) is 0. The quantitative estimate of drug-likeness (QED) is 0.720. The number of aliphatic hydroxyl groups excluding tert-OH is 1. The Labute approximate surface area is 86.6 Å². The molecule has 3 N–H and O–H groups in total. The highest BCUT2D eigenvalue weighted by Gasteiger charge is 2.27. The molecular weight excluding hydrogens is 178 g/mol. The van der Waals surface area contributed by atoms with Crippen LogP contribution in [0.15, 0.2) is 0 Å². The molecule has 1 saturated carbocycles. The molecule has 0 radical (unpaired) electrons. The Morgan fingerprint density at radius 3 is 2.50 bits per heavy atom. The topological polar surface area (TPSA) is 55.5 Å². The van der Waals surface area contributed by atoms with Crippen LogP contribution >= 0.6 is 0 Å². The average Bonchev–Trinajstić information content (AvgIpc) is 2.16. The van der Waals surface area contributed by atoms with Crippen molar-refractivity contribution in [2.75, 3.05) is 13.2 Å². The van der Waals surface area contributed by atoms with E-state index in [0.717, 1.165) is 12.8 Å². The van der Waals surface area contributed by atoms with Gasteiger partial charge in [-0.3, -0.25) is 0 Å². The fraction of sp³-hybridized carbons (Fsp3) is 1.00. The second-order valence-corrected chi connectivity index (χ2v) is 5.09. The maximum atomic E-state index is 9.24. The van der Waals surface area contributed by atoms with E-state index in [1.54, 1.807) is 0 Å². The van der Waals surface area contributed by atoms with Crippen LogP contribution in [0.1, 0.15) is 39.5 Å². The maximum absolute atomic E-state index is 9.24. The van der Waals surface area contributed by atoms with E-state index in [0.29, 0.717) is 18.1 Å². The van der Waals surface area contributed by atoms with E-state index in [-0.39, 0.29) is 6.54 Å². The molecule has 0 aliphatic heterocycles. The van der Waals surface area contributed by atoms with Gasteiger partial charge in [0.05, 0.1) is 18.8 Å². The van der Waals surface area contributed by atoms with Gasteiger partial charge in [-0.15, -0.1) is 0 Å². The minimum atomic E-state index is -0.495. The van der Waals surface area contributed by atoms with Crippen LogP contribution < -0.4 is 5.73 Å². The Morgan fingerprint density at radius 2 is 2.00 bits per heavy atom. The summed E-state index contributed by atoms with van der Waals surface area (Å²) in [5.41, 5.74) is 5.78. The molecule has 1 aliphatic rings. The Hall–Kier alpha value is -0.120. The molecule has 14 heavy (non-hydrogen) atoms. The molecule has 1 unspecified atom stereocenters. The summed E-state index contributed by atoms with van der Waals surface area (Å²) in [6.45, 7) is 5.29. The lowest BCUT2D eigenvalue weighted by Crippen LogP contribution is -2.31. The summed E-state index contributed by atoms with van der Waals surface area (Å²) in [6.07, 6.45) is 4.51. The number of ether oxygens (including phenoxy) is 1. The van der Waals surface area contributed by atoms with Crippen molar-refractivity contribution in [1.82, 2.24) is 0 Å². The van der Waals surface area contributed by atoms with Crippen molar-refractivity contribution in [3.05, 3.63) is 0 Å². The monoisotopic (exact) mass is 201 g/mol. The largest absolute Gasteiger partial charge is 0.389 e. The maximum Gasteiger partial charge on any atom is 0.0895 e. The van der Waals surface area contributed by atoms with E-state index in [9.17, 15) is 5.11 Å². The van der Waals surface area contributed by atoms with Gasteiger partial charge in [-0.2, -0.15) is 0 Å². The Morgan fingerprint density at radius 1 is 1.43 bits per heavy atom. The Kier molecular flexibility index (Phi) is 4.35. The third-order valence-corrected chi connectivity index (χ3v) is 3.08. The molecule has 1 aliphatic carbocycles. The van der Waals surface area contributed by atoms with Gasteiger partial charge in [-0.25, -0.2) is 0 Å². The van der Waals surface area contributed by atoms with Crippen LogP contribution in [0.3, 0.4) is 0 Å². The zero-order chi connectivity index (χ0) is 10.6. The van der Waals surface area contributed by atoms with Crippen LogP contribution in [0.25, 0.3) is 0 Å². The third kappa shape index (κ3) is 3.95. The average molecular weight is 201 g/mol. The molecule has 0 heterocycles. The highest BCUT2D eigenvalue weighted by atomic mass is 16.5. The van der Waals surface area contributed by atoms with E-state index in [2.05, 4.69) is 13.8 Å². The zero-order valence-corrected chi connectivity index (χ0v) is 9.33. The Balaban J connectivity index is 2.16. The van der Waals surface area contributed by atoms with Crippen molar-refractivity contribution in [3.8, 4) is 0 Å². The summed E-state index contributed by atoms with van der Waals surface area (Å²) < 4.78 is 5.60. The van der Waals surface area contributed by atoms with E-state index in [1.807, 2.05) is 0 Å². The number of nitrogens with two attached hydrogens (primary N) is 1. The summed E-state index contributed by atoms with van der Waals surface area (Å²) in [6, 6.07) is 0. The number of rotatable bonds is 4. The molecule has 0 spiro atoms. The van der Waals surface area contributed by atoms with Crippen LogP contribution in [0.2, 0.25) is 0 Å². The molecular formula is C11H23NO2. The molecule has 0 amide bonds. The second-order valence-electron chi connectivity index (χ2n) is 5.09. The minimum absolute atomic E-state index is 0.290. The van der Waals surface area contributed by atoms with Crippen LogP contribution in [-0.4, -0.2) is 30.5 Å². The van der Waals surface area contributed by atoms with E-state index < -0.39 is 6.10 Å². The molecule has 0 saturated heterocycles. The highest BCUT2D eigenvalue weighted by molar-refractivity contribution is 4.79. The summed E-state index contributed by atoms with van der Waals surface area (Å²) in [5, 5.41) is 9.24. The molecule has 0 aromatic carbocycles. The number of hydrogen-bond acceptors (Lipinski definition) is 3.